The van der Waals surface area contributed by atoms with Gasteiger partial charge in [0.1, 0.15) is 23.3 Å². The maximum atomic E-state index is 11.9. The van der Waals surface area contributed by atoms with Gasteiger partial charge < -0.3 is 15.2 Å². The maximum absolute atomic E-state index is 11.9. The van der Waals surface area contributed by atoms with Crippen LogP contribution >= 0.6 is 11.3 Å². The average molecular weight is 302 g/mol. The standard InChI is InChI=1S/C15H14N2O3S/c1-9-12(17)6-14(21-9)15(18)20-8-10-3-4-11(7-16)13(5-10)19-2/h3-6H,8,17H2,1-2H3. The van der Waals surface area contributed by atoms with Crippen molar-refractivity contribution in [1.82, 2.24) is 0 Å². The van der Waals surface area contributed by atoms with E-state index in [-0.39, 0.29) is 6.61 Å². The number of esters is 1. The van der Waals surface area contributed by atoms with E-state index in [0.717, 1.165) is 10.4 Å². The Morgan fingerprint density at radius 3 is 2.76 bits per heavy atom. The first-order valence-electron chi connectivity index (χ1n) is 6.15. The molecule has 2 aromatic rings. The summed E-state index contributed by atoms with van der Waals surface area (Å²) in [5, 5.41) is 8.91. The highest BCUT2D eigenvalue weighted by Crippen LogP contribution is 2.25. The van der Waals surface area contributed by atoms with Crippen LogP contribution in [-0.2, 0) is 11.3 Å². The van der Waals surface area contributed by atoms with Crippen LogP contribution in [-0.4, -0.2) is 13.1 Å². The molecule has 0 saturated heterocycles. The smallest absolute Gasteiger partial charge is 0.348 e. The van der Waals surface area contributed by atoms with Gasteiger partial charge in [0, 0.05) is 10.6 Å². The zero-order valence-corrected chi connectivity index (χ0v) is 12.5. The number of nitriles is 1. The van der Waals surface area contributed by atoms with E-state index in [4.69, 9.17) is 20.5 Å². The molecule has 0 spiro atoms. The van der Waals surface area contributed by atoms with Crippen LogP contribution in [0.3, 0.4) is 0 Å². The predicted molar refractivity (Wildman–Crippen MR) is 80.3 cm³/mol. The second-order valence-corrected chi connectivity index (χ2v) is 5.60. The summed E-state index contributed by atoms with van der Waals surface area (Å²) in [6.45, 7) is 1.96. The normalized spacial score (nSPS) is 9.95. The summed E-state index contributed by atoms with van der Waals surface area (Å²) in [5.74, 6) is 0.0467. The molecule has 2 rings (SSSR count). The number of hydrogen-bond acceptors (Lipinski definition) is 6. The fraction of sp³-hybridized carbons (Fsp3) is 0.200. The highest BCUT2D eigenvalue weighted by atomic mass is 32.1. The third kappa shape index (κ3) is 3.33. The number of carbonyl (C=O) groups excluding carboxylic acids is 1. The molecule has 0 atom stereocenters. The Bertz CT molecular complexity index is 697. The van der Waals surface area contributed by atoms with Crippen molar-refractivity contribution in [3.63, 3.8) is 0 Å². The molecule has 5 nitrogen and oxygen atoms in total. The molecule has 21 heavy (non-hydrogen) atoms. The van der Waals surface area contributed by atoms with Gasteiger partial charge in [0.2, 0.25) is 0 Å². The van der Waals surface area contributed by atoms with Gasteiger partial charge in [-0.1, -0.05) is 6.07 Å². The first-order valence-corrected chi connectivity index (χ1v) is 6.97. The minimum Gasteiger partial charge on any atom is -0.495 e. The van der Waals surface area contributed by atoms with Crippen molar-refractivity contribution in [1.29, 1.82) is 5.26 Å². The van der Waals surface area contributed by atoms with E-state index >= 15 is 0 Å². The molecule has 1 aromatic carbocycles. The third-order valence-corrected chi connectivity index (χ3v) is 3.96. The molecule has 2 N–H and O–H groups in total. The largest absolute Gasteiger partial charge is 0.495 e. The molecule has 0 unspecified atom stereocenters. The summed E-state index contributed by atoms with van der Waals surface area (Å²) in [7, 11) is 1.49. The van der Waals surface area contributed by atoms with E-state index in [0.29, 0.717) is 21.9 Å². The van der Waals surface area contributed by atoms with Gasteiger partial charge in [-0.2, -0.15) is 5.26 Å². The Balaban J connectivity index is 2.06. The molecule has 1 aromatic heterocycles. The zero-order valence-electron chi connectivity index (χ0n) is 11.7. The molecule has 0 aliphatic heterocycles. The van der Waals surface area contributed by atoms with Crippen LogP contribution in [0.5, 0.6) is 5.75 Å². The molecule has 0 bridgehead atoms. The Morgan fingerprint density at radius 2 is 2.19 bits per heavy atom. The van der Waals surface area contributed by atoms with Crippen LogP contribution in [0.25, 0.3) is 0 Å². The summed E-state index contributed by atoms with van der Waals surface area (Å²) in [5.41, 5.74) is 7.49. The molecule has 6 heteroatoms. The zero-order chi connectivity index (χ0) is 15.4. The highest BCUT2D eigenvalue weighted by molar-refractivity contribution is 7.14. The van der Waals surface area contributed by atoms with E-state index in [1.54, 1.807) is 24.3 Å². The molecule has 0 aliphatic rings. The van der Waals surface area contributed by atoms with Crippen molar-refractivity contribution in [2.24, 2.45) is 0 Å². The first kappa shape index (κ1) is 14.9. The minimum atomic E-state index is -0.414. The number of anilines is 1. The molecule has 0 radical (unpaired) electrons. The lowest BCUT2D eigenvalue weighted by Crippen LogP contribution is -2.03. The molecule has 0 fully saturated rings. The topological polar surface area (TPSA) is 85.3 Å². The van der Waals surface area contributed by atoms with Crippen LogP contribution in [0.15, 0.2) is 24.3 Å². The molecule has 108 valence electrons. The van der Waals surface area contributed by atoms with Crippen LogP contribution in [0.4, 0.5) is 5.69 Å². The van der Waals surface area contributed by atoms with Crippen molar-refractivity contribution in [2.45, 2.75) is 13.5 Å². The SMILES string of the molecule is COc1cc(COC(=O)c2cc(N)c(C)s2)ccc1C#N. The quantitative estimate of drug-likeness (QED) is 0.878. The summed E-state index contributed by atoms with van der Waals surface area (Å²) in [6, 6.07) is 8.68. The monoisotopic (exact) mass is 302 g/mol. The number of carbonyl (C=O) groups is 1. The van der Waals surface area contributed by atoms with Gasteiger partial charge in [-0.15, -0.1) is 11.3 Å². The second-order valence-electron chi connectivity index (χ2n) is 4.34. The van der Waals surface area contributed by atoms with Gasteiger partial charge in [-0.05, 0) is 30.7 Å². The van der Waals surface area contributed by atoms with Gasteiger partial charge >= 0.3 is 5.97 Å². The lowest BCUT2D eigenvalue weighted by Gasteiger charge is -2.07. The van der Waals surface area contributed by atoms with Gasteiger partial charge in [0.25, 0.3) is 0 Å². The molecule has 1 heterocycles. The van der Waals surface area contributed by atoms with Crippen LogP contribution < -0.4 is 10.5 Å². The number of nitrogens with two attached hydrogens (primary N) is 1. The molecule has 0 aliphatic carbocycles. The molecular weight excluding hydrogens is 288 g/mol. The van der Waals surface area contributed by atoms with E-state index in [1.165, 1.54) is 18.4 Å². The van der Waals surface area contributed by atoms with Crippen LogP contribution in [0.2, 0.25) is 0 Å². The molecule has 0 saturated carbocycles. The van der Waals surface area contributed by atoms with Crippen LogP contribution in [0.1, 0.15) is 25.7 Å². The van der Waals surface area contributed by atoms with Crippen molar-refractivity contribution >= 4 is 23.0 Å². The van der Waals surface area contributed by atoms with Crippen molar-refractivity contribution in [3.8, 4) is 11.8 Å². The molecular formula is C15H14N2O3S. The lowest BCUT2D eigenvalue weighted by atomic mass is 10.1. The van der Waals surface area contributed by atoms with E-state index in [9.17, 15) is 4.79 Å². The minimum absolute atomic E-state index is 0.109. The number of aryl methyl sites for hydroxylation is 1. The summed E-state index contributed by atoms with van der Waals surface area (Å²) in [4.78, 5) is 13.3. The lowest BCUT2D eigenvalue weighted by molar-refractivity contribution is 0.0478. The van der Waals surface area contributed by atoms with E-state index < -0.39 is 5.97 Å². The van der Waals surface area contributed by atoms with E-state index in [2.05, 4.69) is 0 Å². The van der Waals surface area contributed by atoms with Crippen LogP contribution in [0, 0.1) is 18.3 Å². The summed E-state index contributed by atoms with van der Waals surface area (Å²) >= 11 is 1.30. The fourth-order valence-electron chi connectivity index (χ4n) is 1.73. The number of methoxy groups -OCH3 is 1. The van der Waals surface area contributed by atoms with Crippen molar-refractivity contribution in [2.75, 3.05) is 12.8 Å². The number of thiophene rings is 1. The number of ether oxygens (including phenoxy) is 2. The number of nitrogen functional groups attached to an aromatic ring is 1. The summed E-state index contributed by atoms with van der Waals surface area (Å²) in [6.07, 6.45) is 0. The second kappa shape index (κ2) is 6.29. The average Bonchev–Trinajstić information content (AvgIpc) is 2.84. The number of rotatable bonds is 4. The Hall–Kier alpha value is -2.52. The highest BCUT2D eigenvalue weighted by Gasteiger charge is 2.13. The molecule has 0 amide bonds. The summed E-state index contributed by atoms with van der Waals surface area (Å²) < 4.78 is 10.3. The Kier molecular flexibility index (Phi) is 4.45. The number of benzene rings is 1. The van der Waals surface area contributed by atoms with Gasteiger partial charge in [-0.3, -0.25) is 0 Å². The Labute approximate surface area is 126 Å². The van der Waals surface area contributed by atoms with Gasteiger partial charge in [0.05, 0.1) is 12.7 Å². The van der Waals surface area contributed by atoms with Gasteiger partial charge in [0.15, 0.2) is 0 Å². The van der Waals surface area contributed by atoms with Crippen molar-refractivity contribution in [3.05, 3.63) is 45.1 Å². The van der Waals surface area contributed by atoms with Crippen molar-refractivity contribution < 1.29 is 14.3 Å². The third-order valence-electron chi connectivity index (χ3n) is 2.91. The Morgan fingerprint density at radius 1 is 1.43 bits per heavy atom. The maximum Gasteiger partial charge on any atom is 0.348 e. The predicted octanol–water partition coefficient (Wildman–Crippen LogP) is 2.88. The fourth-order valence-corrected chi connectivity index (χ4v) is 2.57. The number of hydrogen-bond donors (Lipinski definition) is 1. The van der Waals surface area contributed by atoms with E-state index in [1.807, 2.05) is 13.0 Å². The van der Waals surface area contributed by atoms with Gasteiger partial charge in [-0.25, -0.2) is 4.79 Å². The first-order chi connectivity index (χ1) is 10.0. The number of nitrogens with zero attached hydrogens (tertiary/aromatic N) is 1.